The van der Waals surface area contributed by atoms with Crippen molar-refractivity contribution in [2.24, 2.45) is 0 Å². The molecule has 1 rings (SSSR count). The first-order valence-corrected chi connectivity index (χ1v) is 5.53. The molecule has 3 nitrogen and oxygen atoms in total. The van der Waals surface area contributed by atoms with Crippen molar-refractivity contribution in [2.45, 2.75) is 13.8 Å². The number of hydrogen-bond acceptors (Lipinski definition) is 3. The van der Waals surface area contributed by atoms with Crippen molar-refractivity contribution in [1.29, 1.82) is 0 Å². The molecule has 1 N–H and O–H groups in total. The minimum absolute atomic E-state index is 0.211. The van der Waals surface area contributed by atoms with Gasteiger partial charge < -0.3 is 10.1 Å². The summed E-state index contributed by atoms with van der Waals surface area (Å²) in [4.78, 5) is 9.82. The number of para-hydroxylation sites is 1. The van der Waals surface area contributed by atoms with Crippen molar-refractivity contribution in [3.05, 3.63) is 28.2 Å². The minimum atomic E-state index is -0.211. The van der Waals surface area contributed by atoms with Gasteiger partial charge in [-0.15, -0.1) is 0 Å². The van der Waals surface area contributed by atoms with Crippen LogP contribution in [-0.2, 0) is 9.53 Å². The molecule has 16 heavy (non-hydrogen) atoms. The molecular weight excluding hydrogens is 249 g/mol. The molecule has 1 aromatic carbocycles. The highest BCUT2D eigenvalue weighted by molar-refractivity contribution is 6.39. The summed E-state index contributed by atoms with van der Waals surface area (Å²) in [6.45, 7) is 3.65. The molecule has 1 aromatic rings. The average Bonchev–Trinajstić information content (AvgIpc) is 2.18. The van der Waals surface area contributed by atoms with E-state index in [4.69, 9.17) is 23.2 Å². The van der Waals surface area contributed by atoms with Gasteiger partial charge in [-0.3, -0.25) is 4.79 Å². The fraction of sp³-hybridized carbons (Fsp3) is 0.364. The molecule has 5 heteroatoms. The molecule has 0 spiro atoms. The van der Waals surface area contributed by atoms with Gasteiger partial charge in [-0.2, -0.15) is 0 Å². The number of anilines is 1. The van der Waals surface area contributed by atoms with E-state index < -0.39 is 0 Å². The van der Waals surface area contributed by atoms with Crippen molar-refractivity contribution < 1.29 is 9.53 Å². The van der Waals surface area contributed by atoms with Gasteiger partial charge in [0.25, 0.3) is 0 Å². The molecule has 0 atom stereocenters. The van der Waals surface area contributed by atoms with Crippen LogP contribution in [-0.4, -0.2) is 19.6 Å². The highest BCUT2D eigenvalue weighted by Gasteiger charge is 2.00. The molecular formula is C11H15Cl2NO2. The van der Waals surface area contributed by atoms with E-state index in [0.29, 0.717) is 16.7 Å². The highest BCUT2D eigenvalue weighted by Crippen LogP contribution is 2.28. The Balaban J connectivity index is 0.000000325. The van der Waals surface area contributed by atoms with E-state index in [1.165, 1.54) is 6.92 Å². The molecule has 0 saturated carbocycles. The van der Waals surface area contributed by atoms with Gasteiger partial charge in [0.15, 0.2) is 0 Å². The molecule has 0 amide bonds. The normalized spacial score (nSPS) is 8.81. The second-order valence-electron chi connectivity index (χ2n) is 2.77. The molecule has 90 valence electrons. The van der Waals surface area contributed by atoms with Crippen molar-refractivity contribution in [3.63, 3.8) is 0 Å². The number of carbonyl (C=O) groups is 1. The first-order valence-electron chi connectivity index (χ1n) is 4.78. The van der Waals surface area contributed by atoms with Crippen LogP contribution in [0.1, 0.15) is 13.8 Å². The SMILES string of the molecule is CCOC(C)=O.CNc1c(Cl)cccc1Cl. The second kappa shape index (κ2) is 8.25. The Labute approximate surface area is 106 Å². The van der Waals surface area contributed by atoms with Crippen molar-refractivity contribution in [1.82, 2.24) is 0 Å². The molecule has 0 aliphatic rings. The predicted octanol–water partition coefficient (Wildman–Crippen LogP) is 3.60. The first kappa shape index (κ1) is 15.1. The molecule has 0 aliphatic carbocycles. The van der Waals surface area contributed by atoms with E-state index in [1.54, 1.807) is 26.1 Å². The van der Waals surface area contributed by atoms with Crippen LogP contribution in [0, 0.1) is 0 Å². The lowest BCUT2D eigenvalue weighted by Gasteiger charge is -2.03. The van der Waals surface area contributed by atoms with Crippen LogP contribution in [0.25, 0.3) is 0 Å². The van der Waals surface area contributed by atoms with Crippen LogP contribution in [0.2, 0.25) is 10.0 Å². The van der Waals surface area contributed by atoms with Crippen LogP contribution in [0.3, 0.4) is 0 Å². The number of rotatable bonds is 2. The van der Waals surface area contributed by atoms with Gasteiger partial charge in [-0.25, -0.2) is 0 Å². The smallest absolute Gasteiger partial charge is 0.302 e. The summed E-state index contributed by atoms with van der Waals surface area (Å²) < 4.78 is 4.40. The third-order valence-electron chi connectivity index (χ3n) is 1.56. The Bertz CT molecular complexity index is 323. The lowest BCUT2D eigenvalue weighted by molar-refractivity contribution is -0.140. The zero-order valence-corrected chi connectivity index (χ0v) is 11.0. The minimum Gasteiger partial charge on any atom is -0.466 e. The molecule has 0 unspecified atom stereocenters. The van der Waals surface area contributed by atoms with Crippen LogP contribution < -0.4 is 5.32 Å². The van der Waals surface area contributed by atoms with Crippen molar-refractivity contribution in [2.75, 3.05) is 19.0 Å². The maximum Gasteiger partial charge on any atom is 0.302 e. The summed E-state index contributed by atoms with van der Waals surface area (Å²) in [7, 11) is 1.78. The maximum atomic E-state index is 9.82. The third-order valence-corrected chi connectivity index (χ3v) is 2.19. The van der Waals surface area contributed by atoms with E-state index in [9.17, 15) is 4.79 Å². The lowest BCUT2D eigenvalue weighted by Crippen LogP contribution is -1.95. The summed E-state index contributed by atoms with van der Waals surface area (Å²) in [6.07, 6.45) is 0. The summed E-state index contributed by atoms with van der Waals surface area (Å²) in [5.41, 5.74) is 0.783. The van der Waals surface area contributed by atoms with Crippen LogP contribution in [0.15, 0.2) is 18.2 Å². The van der Waals surface area contributed by atoms with Crippen molar-refractivity contribution >= 4 is 34.9 Å². The Morgan fingerprint density at radius 2 is 1.88 bits per heavy atom. The first-order chi connectivity index (χ1) is 7.52. The number of esters is 1. The Hall–Kier alpha value is -0.930. The summed E-state index contributed by atoms with van der Waals surface area (Å²) >= 11 is 11.6. The molecule has 0 fully saturated rings. The van der Waals surface area contributed by atoms with E-state index in [-0.39, 0.29) is 5.97 Å². The molecule has 0 saturated heterocycles. The topological polar surface area (TPSA) is 38.3 Å². The third kappa shape index (κ3) is 5.83. The second-order valence-corrected chi connectivity index (χ2v) is 3.59. The Kier molecular flexibility index (Phi) is 7.77. The standard InChI is InChI=1S/C7H7Cl2N.C4H8O2/c1-10-7-5(8)3-2-4-6(7)9;1-3-6-4(2)5/h2-4,10H,1H3;3H2,1-2H3. The predicted molar refractivity (Wildman–Crippen MR) is 68.3 cm³/mol. The monoisotopic (exact) mass is 263 g/mol. The van der Waals surface area contributed by atoms with Gasteiger partial charge in [0.2, 0.25) is 0 Å². The molecule has 0 heterocycles. The Morgan fingerprint density at radius 1 is 1.38 bits per heavy atom. The van der Waals surface area contributed by atoms with Gasteiger partial charge in [-0.1, -0.05) is 29.3 Å². The molecule has 0 radical (unpaired) electrons. The zero-order valence-electron chi connectivity index (χ0n) is 9.51. The van der Waals surface area contributed by atoms with Crippen LogP contribution >= 0.6 is 23.2 Å². The summed E-state index contributed by atoms with van der Waals surface area (Å²) in [5.74, 6) is -0.211. The van der Waals surface area contributed by atoms with Gasteiger partial charge >= 0.3 is 5.97 Å². The largest absolute Gasteiger partial charge is 0.466 e. The van der Waals surface area contributed by atoms with Crippen molar-refractivity contribution in [3.8, 4) is 0 Å². The zero-order chi connectivity index (χ0) is 12.6. The molecule has 0 aliphatic heterocycles. The quantitative estimate of drug-likeness (QED) is 0.829. The average molecular weight is 264 g/mol. The number of ether oxygens (including phenoxy) is 1. The fourth-order valence-corrected chi connectivity index (χ4v) is 1.53. The molecule has 0 aromatic heterocycles. The van der Waals surface area contributed by atoms with Gasteiger partial charge in [-0.05, 0) is 19.1 Å². The van der Waals surface area contributed by atoms with E-state index >= 15 is 0 Å². The summed E-state index contributed by atoms with van der Waals surface area (Å²) in [6, 6.07) is 5.39. The number of nitrogens with one attached hydrogen (secondary N) is 1. The van der Waals surface area contributed by atoms with Crippen LogP contribution in [0.4, 0.5) is 5.69 Å². The van der Waals surface area contributed by atoms with Gasteiger partial charge in [0.1, 0.15) is 0 Å². The number of halogens is 2. The number of carbonyl (C=O) groups excluding carboxylic acids is 1. The number of benzene rings is 1. The highest BCUT2D eigenvalue weighted by atomic mass is 35.5. The summed E-state index contributed by atoms with van der Waals surface area (Å²) in [5, 5.41) is 4.20. The van der Waals surface area contributed by atoms with Gasteiger partial charge in [0.05, 0.1) is 22.3 Å². The molecule has 0 bridgehead atoms. The Morgan fingerprint density at radius 3 is 2.06 bits per heavy atom. The van der Waals surface area contributed by atoms with E-state index in [2.05, 4.69) is 10.1 Å². The lowest BCUT2D eigenvalue weighted by atomic mass is 10.3. The number of hydrogen-bond donors (Lipinski definition) is 1. The van der Waals surface area contributed by atoms with Gasteiger partial charge in [0, 0.05) is 14.0 Å². The van der Waals surface area contributed by atoms with E-state index in [0.717, 1.165) is 5.69 Å². The van der Waals surface area contributed by atoms with E-state index in [1.807, 2.05) is 6.07 Å². The van der Waals surface area contributed by atoms with Crippen LogP contribution in [0.5, 0.6) is 0 Å². The fourth-order valence-electron chi connectivity index (χ4n) is 0.940. The maximum absolute atomic E-state index is 9.82.